The molecular formula is C44H85NO8. The van der Waals surface area contributed by atoms with Crippen molar-refractivity contribution in [2.45, 2.75) is 249 Å². The van der Waals surface area contributed by atoms with Crippen molar-refractivity contribution in [2.75, 3.05) is 13.2 Å². The van der Waals surface area contributed by atoms with Gasteiger partial charge in [0.25, 0.3) is 0 Å². The first-order valence-corrected chi connectivity index (χ1v) is 22.4. The van der Waals surface area contributed by atoms with Crippen molar-refractivity contribution in [3.8, 4) is 0 Å². The summed E-state index contributed by atoms with van der Waals surface area (Å²) in [4.78, 5) is 12.9. The highest BCUT2D eigenvalue weighted by atomic mass is 16.7. The summed E-state index contributed by atoms with van der Waals surface area (Å²) >= 11 is 0. The molecule has 0 aromatic rings. The van der Waals surface area contributed by atoms with Gasteiger partial charge in [0, 0.05) is 6.42 Å². The van der Waals surface area contributed by atoms with E-state index in [1.165, 1.54) is 122 Å². The number of ether oxygens (including phenoxy) is 2. The molecule has 7 atom stereocenters. The number of carbonyl (C=O) groups excluding carboxylic acids is 1. The molecule has 0 saturated carbocycles. The lowest BCUT2D eigenvalue weighted by Gasteiger charge is -2.40. The normalized spacial score (nSPS) is 21.7. The van der Waals surface area contributed by atoms with Gasteiger partial charge in [-0.1, -0.05) is 180 Å². The average Bonchev–Trinajstić information content (AvgIpc) is 3.16. The molecule has 1 fully saturated rings. The van der Waals surface area contributed by atoms with Gasteiger partial charge in [-0.2, -0.15) is 0 Å². The lowest BCUT2D eigenvalue weighted by atomic mass is 9.99. The van der Waals surface area contributed by atoms with Crippen LogP contribution in [0.2, 0.25) is 0 Å². The Balaban J connectivity index is 2.29. The maximum absolute atomic E-state index is 12.9. The number of rotatable bonds is 37. The van der Waals surface area contributed by atoms with Crippen LogP contribution in [0.5, 0.6) is 0 Å². The number of hydrogen-bond donors (Lipinski definition) is 6. The summed E-state index contributed by atoms with van der Waals surface area (Å²) in [5, 5.41) is 54.2. The number of aliphatic hydroxyl groups is 5. The highest BCUT2D eigenvalue weighted by Gasteiger charge is 2.44. The van der Waals surface area contributed by atoms with Gasteiger partial charge in [-0.25, -0.2) is 0 Å². The number of unbranched alkanes of at least 4 members (excludes halogenated alkanes) is 25. The third-order valence-corrected chi connectivity index (χ3v) is 10.9. The van der Waals surface area contributed by atoms with Gasteiger partial charge in [-0.05, 0) is 32.1 Å². The summed E-state index contributed by atoms with van der Waals surface area (Å²) in [6.07, 6.45) is 32.3. The Bertz CT molecular complexity index is 842. The predicted molar refractivity (Wildman–Crippen MR) is 217 cm³/mol. The van der Waals surface area contributed by atoms with Gasteiger partial charge < -0.3 is 40.3 Å². The quantitative estimate of drug-likeness (QED) is 0.0272. The zero-order valence-corrected chi connectivity index (χ0v) is 34.3. The minimum Gasteiger partial charge on any atom is -0.394 e. The molecule has 1 amide bonds. The van der Waals surface area contributed by atoms with Crippen molar-refractivity contribution in [3.05, 3.63) is 12.2 Å². The van der Waals surface area contributed by atoms with E-state index in [0.29, 0.717) is 12.8 Å². The maximum atomic E-state index is 12.9. The lowest BCUT2D eigenvalue weighted by molar-refractivity contribution is -0.302. The van der Waals surface area contributed by atoms with Crippen LogP contribution in [-0.4, -0.2) is 87.5 Å². The number of nitrogens with one attached hydrogen (secondary N) is 1. The van der Waals surface area contributed by atoms with E-state index >= 15 is 0 Å². The zero-order chi connectivity index (χ0) is 38.8. The molecule has 314 valence electrons. The first-order valence-electron chi connectivity index (χ1n) is 22.4. The van der Waals surface area contributed by atoms with Gasteiger partial charge >= 0.3 is 0 Å². The van der Waals surface area contributed by atoms with Crippen LogP contribution in [0.3, 0.4) is 0 Å². The van der Waals surface area contributed by atoms with E-state index in [2.05, 4.69) is 31.3 Å². The zero-order valence-electron chi connectivity index (χ0n) is 34.3. The number of allylic oxidation sites excluding steroid dienone is 2. The minimum atomic E-state index is -1.55. The fourth-order valence-electron chi connectivity index (χ4n) is 7.20. The van der Waals surface area contributed by atoms with E-state index < -0.39 is 49.5 Å². The number of carbonyl (C=O) groups is 1. The van der Waals surface area contributed by atoms with Crippen molar-refractivity contribution in [1.29, 1.82) is 0 Å². The van der Waals surface area contributed by atoms with Crippen LogP contribution in [0, 0.1) is 0 Å². The summed E-state index contributed by atoms with van der Waals surface area (Å²) in [6.45, 7) is 3.78. The molecule has 1 rings (SSSR count). The maximum Gasteiger partial charge on any atom is 0.220 e. The second-order valence-corrected chi connectivity index (χ2v) is 15.8. The van der Waals surface area contributed by atoms with E-state index in [1.807, 2.05) is 0 Å². The van der Waals surface area contributed by atoms with Crippen molar-refractivity contribution >= 4 is 5.91 Å². The van der Waals surface area contributed by atoms with Gasteiger partial charge in [-0.3, -0.25) is 4.79 Å². The van der Waals surface area contributed by atoms with Crippen molar-refractivity contribution in [3.63, 3.8) is 0 Å². The predicted octanol–water partition coefficient (Wildman–Crippen LogP) is 8.95. The highest BCUT2D eigenvalue weighted by molar-refractivity contribution is 5.76. The first-order chi connectivity index (χ1) is 25.8. The van der Waals surface area contributed by atoms with Crippen LogP contribution in [0.15, 0.2) is 12.2 Å². The molecule has 0 bridgehead atoms. The minimum absolute atomic E-state index is 0.140. The summed E-state index contributed by atoms with van der Waals surface area (Å²) in [5.74, 6) is -0.158. The van der Waals surface area contributed by atoms with Gasteiger partial charge in [0.15, 0.2) is 6.29 Å². The van der Waals surface area contributed by atoms with E-state index in [9.17, 15) is 30.3 Å². The SMILES string of the molecule is CCCC/C=C\CCCCCCC(=O)NC(COC1OC(CO)C(O)C(O)C1O)C(O)CCCCCCCCCCCCCCCCCCCCCC. The standard InChI is InChI=1S/C44H85NO8/c1-3-5-7-9-11-13-15-16-17-18-19-20-21-22-23-24-25-27-29-31-33-38(47)37(36-52-44-43(51)42(50)41(49)39(35-46)53-44)45-40(48)34-32-30-28-26-14-12-10-8-6-4-2/h10,12,37-39,41-44,46-47,49-51H,3-9,11,13-36H2,1-2H3,(H,45,48)/b12-10-. The van der Waals surface area contributed by atoms with E-state index in [-0.39, 0.29) is 12.5 Å². The van der Waals surface area contributed by atoms with E-state index in [4.69, 9.17) is 9.47 Å². The molecule has 0 aromatic carbocycles. The van der Waals surface area contributed by atoms with Crippen molar-refractivity contribution in [1.82, 2.24) is 5.32 Å². The topological polar surface area (TPSA) is 149 Å². The Labute approximate surface area is 325 Å². The summed E-state index contributed by atoms with van der Waals surface area (Å²) in [6, 6.07) is -0.719. The van der Waals surface area contributed by atoms with Crippen LogP contribution in [0.4, 0.5) is 0 Å². The first kappa shape index (κ1) is 49.9. The molecule has 53 heavy (non-hydrogen) atoms. The molecule has 7 unspecified atom stereocenters. The molecular weight excluding hydrogens is 670 g/mol. The highest BCUT2D eigenvalue weighted by Crippen LogP contribution is 2.23. The molecule has 0 aliphatic carbocycles. The molecule has 1 saturated heterocycles. The second-order valence-electron chi connectivity index (χ2n) is 15.8. The third kappa shape index (κ3) is 26.4. The largest absolute Gasteiger partial charge is 0.394 e. The smallest absolute Gasteiger partial charge is 0.220 e. The monoisotopic (exact) mass is 756 g/mol. The Hall–Kier alpha value is -1.07. The van der Waals surface area contributed by atoms with Crippen LogP contribution in [0.25, 0.3) is 0 Å². The number of amides is 1. The van der Waals surface area contributed by atoms with Crippen LogP contribution >= 0.6 is 0 Å². The van der Waals surface area contributed by atoms with E-state index in [0.717, 1.165) is 57.8 Å². The summed E-state index contributed by atoms with van der Waals surface area (Å²) < 4.78 is 11.2. The number of hydrogen-bond acceptors (Lipinski definition) is 8. The van der Waals surface area contributed by atoms with Crippen molar-refractivity contribution < 1.29 is 39.8 Å². The Morgan fingerprint density at radius 3 is 1.58 bits per heavy atom. The molecule has 0 aromatic heterocycles. The third-order valence-electron chi connectivity index (χ3n) is 10.9. The molecule has 6 N–H and O–H groups in total. The summed E-state index contributed by atoms with van der Waals surface area (Å²) in [7, 11) is 0. The number of aliphatic hydroxyl groups excluding tert-OH is 5. The van der Waals surface area contributed by atoms with Gasteiger partial charge in [-0.15, -0.1) is 0 Å². The Kier molecular flexibility index (Phi) is 33.3. The molecule has 9 nitrogen and oxygen atoms in total. The fourth-order valence-corrected chi connectivity index (χ4v) is 7.20. The average molecular weight is 756 g/mol. The van der Waals surface area contributed by atoms with Crippen LogP contribution < -0.4 is 5.32 Å². The lowest BCUT2D eigenvalue weighted by Crippen LogP contribution is -2.60. The molecule has 0 spiro atoms. The molecule has 1 heterocycles. The second kappa shape index (κ2) is 35.4. The molecule has 0 radical (unpaired) electrons. The molecule has 1 aliphatic rings. The van der Waals surface area contributed by atoms with Gasteiger partial charge in [0.1, 0.15) is 24.4 Å². The fraction of sp³-hybridized carbons (Fsp3) is 0.932. The van der Waals surface area contributed by atoms with E-state index in [1.54, 1.807) is 0 Å². The molecule has 9 heteroatoms. The Morgan fingerprint density at radius 1 is 0.623 bits per heavy atom. The van der Waals surface area contributed by atoms with Gasteiger partial charge in [0.2, 0.25) is 5.91 Å². The molecule has 1 aliphatic heterocycles. The van der Waals surface area contributed by atoms with Crippen molar-refractivity contribution in [2.24, 2.45) is 0 Å². The van der Waals surface area contributed by atoms with Crippen LogP contribution in [-0.2, 0) is 14.3 Å². The Morgan fingerprint density at radius 2 is 1.08 bits per heavy atom. The van der Waals surface area contributed by atoms with Gasteiger partial charge in [0.05, 0.1) is 25.4 Å². The summed E-state index contributed by atoms with van der Waals surface area (Å²) in [5.41, 5.74) is 0. The van der Waals surface area contributed by atoms with Crippen LogP contribution in [0.1, 0.15) is 206 Å².